The summed E-state index contributed by atoms with van der Waals surface area (Å²) in [7, 11) is -3.56. The highest BCUT2D eigenvalue weighted by Crippen LogP contribution is 2.20. The first kappa shape index (κ1) is 28.3. The molecule has 0 bridgehead atoms. The van der Waals surface area contributed by atoms with Crippen molar-refractivity contribution in [2.75, 3.05) is 17.1 Å². The maximum absolute atomic E-state index is 14.3. The monoisotopic (exact) mass is 505 g/mol. The second-order valence-corrected chi connectivity index (χ2v) is 10.8. The second kappa shape index (κ2) is 12.7. The summed E-state index contributed by atoms with van der Waals surface area (Å²) in [6.07, 6.45) is 2.11. The average Bonchev–Trinajstić information content (AvgIpc) is 2.79. The van der Waals surface area contributed by atoms with Crippen molar-refractivity contribution in [3.8, 4) is 0 Å². The van der Waals surface area contributed by atoms with Gasteiger partial charge in [0.1, 0.15) is 11.9 Å². The van der Waals surface area contributed by atoms with E-state index in [0.29, 0.717) is 11.3 Å². The number of anilines is 1. The molecule has 0 heterocycles. The van der Waals surface area contributed by atoms with Crippen LogP contribution in [0, 0.1) is 12.7 Å². The molecule has 0 spiro atoms. The van der Waals surface area contributed by atoms with Gasteiger partial charge in [-0.15, -0.1) is 0 Å². The van der Waals surface area contributed by atoms with Crippen molar-refractivity contribution in [2.24, 2.45) is 0 Å². The molecule has 2 atom stereocenters. The van der Waals surface area contributed by atoms with Gasteiger partial charge in [0, 0.05) is 31.1 Å². The normalized spacial score (nSPS) is 13.1. The topological polar surface area (TPSA) is 86.8 Å². The molecule has 0 aliphatic carbocycles. The molecule has 2 aromatic rings. The fourth-order valence-corrected chi connectivity index (χ4v) is 4.60. The van der Waals surface area contributed by atoms with Crippen LogP contribution in [0.5, 0.6) is 0 Å². The van der Waals surface area contributed by atoms with Crippen molar-refractivity contribution >= 4 is 27.5 Å². The molecule has 0 saturated carbocycles. The minimum absolute atomic E-state index is 0.00718. The summed E-state index contributed by atoms with van der Waals surface area (Å²) in [4.78, 5) is 27.4. The summed E-state index contributed by atoms with van der Waals surface area (Å²) >= 11 is 0. The maximum Gasteiger partial charge on any atom is 0.242 e. The second-order valence-electron chi connectivity index (χ2n) is 8.88. The average molecular weight is 506 g/mol. The standard InChI is InChI=1S/C26H36FN3O4S/c1-6-20(3)28-26(32)21(4)29(18-22-12-7-8-14-24(22)27)25(31)15-10-16-30(35(5,33)34)23-13-9-11-19(2)17-23/h7-9,11-14,17,20-21H,6,10,15-16,18H2,1-5H3,(H,28,32)/t20-,21-/m1/s1. The molecule has 192 valence electrons. The Morgan fingerprint density at radius 3 is 2.37 bits per heavy atom. The lowest BCUT2D eigenvalue weighted by Crippen LogP contribution is -2.49. The molecule has 2 amide bonds. The largest absolute Gasteiger partial charge is 0.352 e. The number of aryl methyl sites for hydroxylation is 1. The van der Waals surface area contributed by atoms with Crippen LogP contribution in [-0.4, -0.2) is 50.0 Å². The number of rotatable bonds is 12. The quantitative estimate of drug-likeness (QED) is 0.472. The summed E-state index contributed by atoms with van der Waals surface area (Å²) in [6.45, 7) is 7.35. The minimum Gasteiger partial charge on any atom is -0.352 e. The fourth-order valence-electron chi connectivity index (χ4n) is 3.65. The smallest absolute Gasteiger partial charge is 0.242 e. The highest BCUT2D eigenvalue weighted by atomic mass is 32.2. The first-order valence-electron chi connectivity index (χ1n) is 11.8. The van der Waals surface area contributed by atoms with E-state index in [-0.39, 0.29) is 43.8 Å². The van der Waals surface area contributed by atoms with Gasteiger partial charge in [0.25, 0.3) is 0 Å². The highest BCUT2D eigenvalue weighted by Gasteiger charge is 2.28. The Labute approximate surface area is 208 Å². The van der Waals surface area contributed by atoms with E-state index in [9.17, 15) is 22.4 Å². The van der Waals surface area contributed by atoms with Crippen LogP contribution in [0.2, 0.25) is 0 Å². The van der Waals surface area contributed by atoms with E-state index in [4.69, 9.17) is 0 Å². The van der Waals surface area contributed by atoms with Crippen LogP contribution >= 0.6 is 0 Å². The van der Waals surface area contributed by atoms with Gasteiger partial charge in [-0.3, -0.25) is 13.9 Å². The molecule has 0 aliphatic heterocycles. The summed E-state index contributed by atoms with van der Waals surface area (Å²) < 4.78 is 40.4. The molecule has 0 aromatic heterocycles. The number of carbonyl (C=O) groups excluding carboxylic acids is 2. The predicted molar refractivity (Wildman–Crippen MR) is 137 cm³/mol. The van der Waals surface area contributed by atoms with Crippen LogP contribution < -0.4 is 9.62 Å². The number of hydrogen-bond acceptors (Lipinski definition) is 4. The number of amides is 2. The number of benzene rings is 2. The van der Waals surface area contributed by atoms with E-state index >= 15 is 0 Å². The molecule has 35 heavy (non-hydrogen) atoms. The van der Waals surface area contributed by atoms with Crippen LogP contribution in [0.25, 0.3) is 0 Å². The van der Waals surface area contributed by atoms with Crippen molar-refractivity contribution in [1.29, 1.82) is 0 Å². The molecule has 0 saturated heterocycles. The van der Waals surface area contributed by atoms with Crippen molar-refractivity contribution in [3.05, 3.63) is 65.5 Å². The van der Waals surface area contributed by atoms with E-state index in [1.165, 1.54) is 15.3 Å². The molecule has 0 radical (unpaired) electrons. The Balaban J connectivity index is 2.19. The van der Waals surface area contributed by atoms with Crippen LogP contribution in [0.1, 0.15) is 51.2 Å². The van der Waals surface area contributed by atoms with Crippen LogP contribution in [0.15, 0.2) is 48.5 Å². The third-order valence-corrected chi connectivity index (χ3v) is 7.10. The molecule has 0 fully saturated rings. The van der Waals surface area contributed by atoms with Gasteiger partial charge in [-0.1, -0.05) is 37.3 Å². The zero-order valence-electron chi connectivity index (χ0n) is 21.1. The van der Waals surface area contributed by atoms with Gasteiger partial charge in [0.2, 0.25) is 21.8 Å². The third kappa shape index (κ3) is 8.35. The molecule has 1 N–H and O–H groups in total. The Hall–Kier alpha value is -2.94. The van der Waals surface area contributed by atoms with Gasteiger partial charge in [0.05, 0.1) is 11.9 Å². The van der Waals surface area contributed by atoms with Gasteiger partial charge in [0.15, 0.2) is 0 Å². The Morgan fingerprint density at radius 2 is 1.77 bits per heavy atom. The lowest BCUT2D eigenvalue weighted by atomic mass is 10.1. The zero-order valence-corrected chi connectivity index (χ0v) is 21.9. The lowest BCUT2D eigenvalue weighted by Gasteiger charge is -2.30. The molecule has 9 heteroatoms. The van der Waals surface area contributed by atoms with E-state index in [0.717, 1.165) is 18.2 Å². The van der Waals surface area contributed by atoms with Crippen molar-refractivity contribution < 1.29 is 22.4 Å². The molecule has 2 aromatic carbocycles. The molecule has 7 nitrogen and oxygen atoms in total. The van der Waals surface area contributed by atoms with Gasteiger partial charge >= 0.3 is 0 Å². The van der Waals surface area contributed by atoms with Crippen LogP contribution in [-0.2, 0) is 26.2 Å². The van der Waals surface area contributed by atoms with Gasteiger partial charge < -0.3 is 10.2 Å². The Morgan fingerprint density at radius 1 is 1.09 bits per heavy atom. The predicted octanol–water partition coefficient (Wildman–Crippen LogP) is 4.01. The number of carbonyl (C=O) groups is 2. The Bertz CT molecular complexity index is 1120. The number of nitrogens with one attached hydrogen (secondary N) is 1. The maximum atomic E-state index is 14.3. The summed E-state index contributed by atoms with van der Waals surface area (Å²) in [5, 5.41) is 2.87. The molecule has 0 unspecified atom stereocenters. The first-order valence-corrected chi connectivity index (χ1v) is 13.7. The summed E-state index contributed by atoms with van der Waals surface area (Å²) in [5.74, 6) is -1.12. The van der Waals surface area contributed by atoms with Gasteiger partial charge in [-0.25, -0.2) is 12.8 Å². The molecular weight excluding hydrogens is 469 g/mol. The third-order valence-electron chi connectivity index (χ3n) is 5.91. The van der Waals surface area contributed by atoms with E-state index in [1.54, 1.807) is 43.3 Å². The van der Waals surface area contributed by atoms with E-state index in [2.05, 4.69) is 5.32 Å². The zero-order chi connectivity index (χ0) is 26.2. The van der Waals surface area contributed by atoms with Crippen molar-refractivity contribution in [3.63, 3.8) is 0 Å². The molecule has 0 aliphatic rings. The van der Waals surface area contributed by atoms with Gasteiger partial charge in [-0.05, 0) is 57.4 Å². The fraction of sp³-hybridized carbons (Fsp3) is 0.462. The van der Waals surface area contributed by atoms with Crippen molar-refractivity contribution in [1.82, 2.24) is 10.2 Å². The molecule has 2 rings (SSSR count). The van der Waals surface area contributed by atoms with Crippen LogP contribution in [0.4, 0.5) is 10.1 Å². The number of halogens is 1. The molecular formula is C26H36FN3O4S. The lowest BCUT2D eigenvalue weighted by molar-refractivity contribution is -0.141. The summed E-state index contributed by atoms with van der Waals surface area (Å²) in [5.41, 5.74) is 1.76. The number of nitrogens with zero attached hydrogens (tertiary/aromatic N) is 2. The SMILES string of the molecule is CC[C@@H](C)NC(=O)[C@@H](C)N(Cc1ccccc1F)C(=O)CCCN(c1cccc(C)c1)S(C)(=O)=O. The Kier molecular flexibility index (Phi) is 10.2. The number of hydrogen-bond donors (Lipinski definition) is 1. The van der Waals surface area contributed by atoms with Gasteiger partial charge in [-0.2, -0.15) is 0 Å². The summed E-state index contributed by atoms with van der Waals surface area (Å²) in [6, 6.07) is 12.4. The minimum atomic E-state index is -3.56. The van der Waals surface area contributed by atoms with E-state index in [1.807, 2.05) is 26.8 Å². The highest BCUT2D eigenvalue weighted by molar-refractivity contribution is 7.92. The first-order chi connectivity index (χ1) is 16.4. The number of sulfonamides is 1. The van der Waals surface area contributed by atoms with Crippen LogP contribution in [0.3, 0.4) is 0 Å². The van der Waals surface area contributed by atoms with E-state index < -0.39 is 21.9 Å². The van der Waals surface area contributed by atoms with Crippen molar-refractivity contribution in [2.45, 2.75) is 65.6 Å².